The van der Waals surface area contributed by atoms with Crippen LogP contribution < -0.4 is 5.73 Å². The van der Waals surface area contributed by atoms with E-state index in [1.54, 1.807) is 6.07 Å². The molecule has 0 unspecified atom stereocenters. The summed E-state index contributed by atoms with van der Waals surface area (Å²) >= 11 is 0. The van der Waals surface area contributed by atoms with Crippen molar-refractivity contribution < 1.29 is 8.78 Å². The molecule has 0 aliphatic rings. The molecule has 1 nitrogen and oxygen atoms in total. The lowest BCUT2D eigenvalue weighted by molar-refractivity contribution is 0.0174. The second-order valence-electron chi connectivity index (χ2n) is 4.75. The summed E-state index contributed by atoms with van der Waals surface area (Å²) in [5.41, 5.74) is 6.36. The molecule has 0 atom stereocenters. The highest BCUT2D eigenvalue weighted by atomic mass is 19.3. The Bertz CT molecular complexity index is 334. The Kier molecular flexibility index (Phi) is 3.14. The van der Waals surface area contributed by atoms with Gasteiger partial charge < -0.3 is 5.73 Å². The number of rotatable bonds is 3. The maximum atomic E-state index is 13.0. The second-order valence-corrected chi connectivity index (χ2v) is 4.75. The van der Waals surface area contributed by atoms with Gasteiger partial charge in [0.25, 0.3) is 5.92 Å². The van der Waals surface area contributed by atoms with Gasteiger partial charge in [-0.25, -0.2) is 8.78 Å². The molecule has 84 valence electrons. The van der Waals surface area contributed by atoms with Gasteiger partial charge in [-0.1, -0.05) is 18.2 Å². The van der Waals surface area contributed by atoms with E-state index in [-0.39, 0.29) is 11.1 Å². The molecule has 0 amide bonds. The van der Waals surface area contributed by atoms with Crippen molar-refractivity contribution in [2.75, 3.05) is 0 Å². The van der Waals surface area contributed by atoms with Gasteiger partial charge in [0.1, 0.15) is 0 Å². The summed E-state index contributed by atoms with van der Waals surface area (Å²) in [4.78, 5) is 0. The number of hydrogen-bond acceptors (Lipinski definition) is 1. The van der Waals surface area contributed by atoms with Crippen molar-refractivity contribution in [2.24, 2.45) is 5.73 Å². The lowest BCUT2D eigenvalue weighted by Crippen LogP contribution is -2.34. The first-order valence-electron chi connectivity index (χ1n) is 4.95. The van der Waals surface area contributed by atoms with E-state index >= 15 is 0 Å². The van der Waals surface area contributed by atoms with Crippen LogP contribution in [0, 0.1) is 0 Å². The summed E-state index contributed by atoms with van der Waals surface area (Å²) < 4.78 is 26.1. The molecule has 0 aliphatic carbocycles. The molecule has 0 heterocycles. The van der Waals surface area contributed by atoms with Gasteiger partial charge in [0.2, 0.25) is 0 Å². The van der Waals surface area contributed by atoms with Crippen LogP contribution in [0.25, 0.3) is 0 Å². The van der Waals surface area contributed by atoms with Gasteiger partial charge in [-0.3, -0.25) is 0 Å². The summed E-state index contributed by atoms with van der Waals surface area (Å²) in [7, 11) is 0. The van der Waals surface area contributed by atoms with E-state index in [1.807, 2.05) is 19.9 Å². The van der Waals surface area contributed by atoms with Gasteiger partial charge >= 0.3 is 0 Å². The molecule has 0 aliphatic heterocycles. The van der Waals surface area contributed by atoms with Crippen LogP contribution in [0.5, 0.6) is 0 Å². The Balaban J connectivity index is 2.94. The van der Waals surface area contributed by atoms with Crippen molar-refractivity contribution in [1.29, 1.82) is 0 Å². The fourth-order valence-corrected chi connectivity index (χ4v) is 1.48. The molecular formula is C12H17F2N. The molecule has 15 heavy (non-hydrogen) atoms. The molecule has 0 radical (unpaired) electrons. The van der Waals surface area contributed by atoms with Crippen LogP contribution >= 0.6 is 0 Å². The van der Waals surface area contributed by atoms with E-state index in [2.05, 4.69) is 0 Å². The van der Waals surface area contributed by atoms with Crippen molar-refractivity contribution in [2.45, 2.75) is 38.7 Å². The number of alkyl halides is 2. The molecule has 2 N–H and O–H groups in total. The van der Waals surface area contributed by atoms with Gasteiger partial charge in [0.15, 0.2) is 0 Å². The predicted molar refractivity (Wildman–Crippen MR) is 58.0 cm³/mol. The largest absolute Gasteiger partial charge is 0.325 e. The van der Waals surface area contributed by atoms with E-state index in [0.717, 1.165) is 12.5 Å². The van der Waals surface area contributed by atoms with E-state index in [0.29, 0.717) is 6.42 Å². The van der Waals surface area contributed by atoms with E-state index in [9.17, 15) is 8.78 Å². The highest BCUT2D eigenvalue weighted by Crippen LogP contribution is 2.27. The minimum atomic E-state index is -2.78. The summed E-state index contributed by atoms with van der Waals surface area (Å²) in [6.07, 6.45) is 0.594. The average molecular weight is 213 g/mol. The number of hydrogen-bond donors (Lipinski definition) is 1. The molecule has 3 heteroatoms. The lowest BCUT2D eigenvalue weighted by Gasteiger charge is -2.19. The third-order valence-electron chi connectivity index (χ3n) is 2.09. The van der Waals surface area contributed by atoms with Crippen LogP contribution in [0.1, 0.15) is 31.9 Å². The van der Waals surface area contributed by atoms with Crippen LogP contribution in [-0.4, -0.2) is 5.54 Å². The van der Waals surface area contributed by atoms with Crippen LogP contribution in [0.4, 0.5) is 8.78 Å². The SMILES string of the molecule is CC(C)(N)Cc1cccc(C(C)(F)F)c1. The minimum Gasteiger partial charge on any atom is -0.325 e. The zero-order valence-corrected chi connectivity index (χ0v) is 9.35. The zero-order valence-electron chi connectivity index (χ0n) is 9.35. The highest BCUT2D eigenvalue weighted by Gasteiger charge is 2.24. The van der Waals surface area contributed by atoms with Crippen molar-refractivity contribution in [3.05, 3.63) is 35.4 Å². The third-order valence-corrected chi connectivity index (χ3v) is 2.09. The fourth-order valence-electron chi connectivity index (χ4n) is 1.48. The predicted octanol–water partition coefficient (Wildman–Crippen LogP) is 3.08. The quantitative estimate of drug-likeness (QED) is 0.820. The Morgan fingerprint density at radius 2 is 1.80 bits per heavy atom. The maximum absolute atomic E-state index is 13.0. The highest BCUT2D eigenvalue weighted by molar-refractivity contribution is 5.27. The number of nitrogens with two attached hydrogens (primary N) is 1. The molecular weight excluding hydrogens is 196 g/mol. The summed E-state index contributed by atoms with van der Waals surface area (Å²) in [5.74, 6) is -2.78. The van der Waals surface area contributed by atoms with Crippen molar-refractivity contribution in [3.8, 4) is 0 Å². The van der Waals surface area contributed by atoms with Crippen LogP contribution in [-0.2, 0) is 12.3 Å². The van der Waals surface area contributed by atoms with Gasteiger partial charge in [0.05, 0.1) is 0 Å². The molecule has 0 bridgehead atoms. The molecule has 0 fully saturated rings. The first-order valence-corrected chi connectivity index (χ1v) is 4.95. The Hall–Kier alpha value is -0.960. The summed E-state index contributed by atoms with van der Waals surface area (Å²) in [6.45, 7) is 4.66. The minimum absolute atomic E-state index is 0.0456. The fraction of sp³-hybridized carbons (Fsp3) is 0.500. The average Bonchev–Trinajstić information content (AvgIpc) is 1.99. The monoisotopic (exact) mass is 213 g/mol. The molecule has 0 saturated carbocycles. The Labute approximate surface area is 89.3 Å². The van der Waals surface area contributed by atoms with Crippen LogP contribution in [0.3, 0.4) is 0 Å². The Morgan fingerprint density at radius 3 is 2.27 bits per heavy atom. The topological polar surface area (TPSA) is 26.0 Å². The normalized spacial score (nSPS) is 12.9. The molecule has 0 saturated heterocycles. The van der Waals surface area contributed by atoms with Crippen LogP contribution in [0.2, 0.25) is 0 Å². The van der Waals surface area contributed by atoms with Crippen molar-refractivity contribution >= 4 is 0 Å². The smallest absolute Gasteiger partial charge is 0.270 e. The van der Waals surface area contributed by atoms with Gasteiger partial charge in [-0.05, 0) is 31.9 Å². The zero-order chi connectivity index (χ0) is 11.7. The van der Waals surface area contributed by atoms with Gasteiger partial charge in [-0.2, -0.15) is 0 Å². The van der Waals surface area contributed by atoms with Gasteiger partial charge in [-0.15, -0.1) is 0 Å². The lowest BCUT2D eigenvalue weighted by atomic mass is 9.94. The molecule has 1 rings (SSSR count). The standard InChI is InChI=1S/C12H17F2N/c1-11(2,15)8-9-5-4-6-10(7-9)12(3,13)14/h4-7H,8,15H2,1-3H3. The summed E-state index contributed by atoms with van der Waals surface area (Å²) in [6, 6.07) is 6.43. The third kappa shape index (κ3) is 3.96. The van der Waals surface area contributed by atoms with Crippen molar-refractivity contribution in [3.63, 3.8) is 0 Å². The molecule has 0 spiro atoms. The van der Waals surface area contributed by atoms with E-state index in [1.165, 1.54) is 12.1 Å². The van der Waals surface area contributed by atoms with Gasteiger partial charge in [0, 0.05) is 18.0 Å². The summed E-state index contributed by atoms with van der Waals surface area (Å²) in [5, 5.41) is 0. The number of halogens is 2. The molecule has 1 aromatic carbocycles. The first-order chi connectivity index (χ1) is 6.68. The van der Waals surface area contributed by atoms with Crippen molar-refractivity contribution in [1.82, 2.24) is 0 Å². The number of benzene rings is 1. The maximum Gasteiger partial charge on any atom is 0.270 e. The Morgan fingerprint density at radius 1 is 1.20 bits per heavy atom. The second kappa shape index (κ2) is 3.89. The molecule has 1 aromatic rings. The first kappa shape index (κ1) is 12.1. The van der Waals surface area contributed by atoms with E-state index < -0.39 is 5.92 Å². The van der Waals surface area contributed by atoms with Crippen LogP contribution in [0.15, 0.2) is 24.3 Å². The van der Waals surface area contributed by atoms with E-state index in [4.69, 9.17) is 5.73 Å². The molecule has 0 aromatic heterocycles.